The second-order valence-corrected chi connectivity index (χ2v) is 4.01. The van der Waals surface area contributed by atoms with E-state index in [1.807, 2.05) is 6.07 Å². The summed E-state index contributed by atoms with van der Waals surface area (Å²) in [7, 11) is 0. The van der Waals surface area contributed by atoms with Crippen LogP contribution in [0.4, 0.5) is 0 Å². The molecule has 1 amide bonds. The van der Waals surface area contributed by atoms with E-state index in [2.05, 4.69) is 5.32 Å². The molecule has 0 unspecified atom stereocenters. The number of aliphatic carboxylic acids is 1. The van der Waals surface area contributed by atoms with Crippen LogP contribution in [0.3, 0.4) is 0 Å². The van der Waals surface area contributed by atoms with E-state index < -0.39 is 11.9 Å². The molecule has 0 fully saturated rings. The van der Waals surface area contributed by atoms with Crippen molar-refractivity contribution in [3.05, 3.63) is 35.9 Å². The molecule has 0 aliphatic carbocycles. The normalized spacial score (nSPS) is 14.4. The van der Waals surface area contributed by atoms with E-state index in [1.54, 1.807) is 19.1 Å². The van der Waals surface area contributed by atoms with E-state index in [0.717, 1.165) is 17.7 Å². The Labute approximate surface area is 109 Å². The third kappa shape index (κ3) is 3.25. The highest BCUT2D eigenvalue weighted by molar-refractivity contribution is 5.94. The summed E-state index contributed by atoms with van der Waals surface area (Å²) in [6, 6.07) is 5.11. The fourth-order valence-electron chi connectivity index (χ4n) is 1.67. The van der Waals surface area contributed by atoms with Crippen molar-refractivity contribution in [2.24, 2.45) is 0 Å². The van der Waals surface area contributed by atoms with Crippen LogP contribution in [0, 0.1) is 0 Å². The zero-order chi connectivity index (χ0) is 13.8. The van der Waals surface area contributed by atoms with Gasteiger partial charge in [-0.1, -0.05) is 6.07 Å². The lowest BCUT2D eigenvalue weighted by Gasteiger charge is -2.13. The van der Waals surface area contributed by atoms with Gasteiger partial charge in [0.25, 0.3) is 0 Å². The first-order chi connectivity index (χ1) is 9.06. The molecule has 0 spiro atoms. The molecule has 2 N–H and O–H groups in total. The van der Waals surface area contributed by atoms with Gasteiger partial charge >= 0.3 is 5.97 Å². The lowest BCUT2D eigenvalue weighted by atomic mass is 10.1. The number of ether oxygens (including phenoxy) is 2. The maximum atomic E-state index is 11.4. The van der Waals surface area contributed by atoms with Gasteiger partial charge in [-0.25, -0.2) is 4.79 Å². The van der Waals surface area contributed by atoms with E-state index in [1.165, 1.54) is 0 Å². The van der Waals surface area contributed by atoms with Crippen molar-refractivity contribution >= 4 is 11.9 Å². The highest BCUT2D eigenvalue weighted by Gasteiger charge is 2.16. The molecule has 100 valence electrons. The Bertz CT molecular complexity index is 538. The van der Waals surface area contributed by atoms with Crippen LogP contribution in [0.25, 0.3) is 0 Å². The average Bonchev–Trinajstić information content (AvgIpc) is 2.83. The summed E-state index contributed by atoms with van der Waals surface area (Å²) in [5.41, 5.74) is 0.848. The predicted molar refractivity (Wildman–Crippen MR) is 65.9 cm³/mol. The molecular weight excluding hydrogens is 250 g/mol. The van der Waals surface area contributed by atoms with E-state index in [4.69, 9.17) is 14.6 Å². The van der Waals surface area contributed by atoms with Gasteiger partial charge in [0.2, 0.25) is 12.7 Å². The van der Waals surface area contributed by atoms with Gasteiger partial charge in [0.15, 0.2) is 11.5 Å². The van der Waals surface area contributed by atoms with Crippen LogP contribution >= 0.6 is 0 Å². The van der Waals surface area contributed by atoms with Crippen LogP contribution in [0.15, 0.2) is 30.4 Å². The fourth-order valence-corrected chi connectivity index (χ4v) is 1.67. The number of hydrogen-bond acceptors (Lipinski definition) is 4. The van der Waals surface area contributed by atoms with Crippen LogP contribution in [0.5, 0.6) is 11.5 Å². The second kappa shape index (κ2) is 5.43. The number of carboxylic acids is 1. The van der Waals surface area contributed by atoms with Crippen LogP contribution in [0.1, 0.15) is 18.5 Å². The van der Waals surface area contributed by atoms with Crippen molar-refractivity contribution in [3.8, 4) is 11.5 Å². The third-order valence-electron chi connectivity index (χ3n) is 2.63. The largest absolute Gasteiger partial charge is 0.478 e. The van der Waals surface area contributed by atoms with Crippen molar-refractivity contribution in [3.63, 3.8) is 0 Å². The SMILES string of the molecule is C[C@H](NC(=O)/C=C\C(=O)O)c1ccc2c(c1)OCO2. The van der Waals surface area contributed by atoms with Crippen molar-refractivity contribution in [1.82, 2.24) is 5.32 Å². The number of carbonyl (C=O) groups excluding carboxylic acids is 1. The number of carbonyl (C=O) groups is 2. The molecular formula is C13H13NO5. The molecule has 0 saturated heterocycles. The van der Waals surface area contributed by atoms with Gasteiger partial charge in [-0.15, -0.1) is 0 Å². The maximum Gasteiger partial charge on any atom is 0.328 e. The third-order valence-corrected chi connectivity index (χ3v) is 2.63. The van der Waals surface area contributed by atoms with Crippen LogP contribution < -0.4 is 14.8 Å². The average molecular weight is 263 g/mol. The van der Waals surface area contributed by atoms with Crippen molar-refractivity contribution in [2.75, 3.05) is 6.79 Å². The highest BCUT2D eigenvalue weighted by atomic mass is 16.7. The summed E-state index contributed by atoms with van der Waals surface area (Å²) in [6.45, 7) is 1.99. The molecule has 0 saturated carbocycles. The number of fused-ring (bicyclic) bond motifs is 1. The van der Waals surface area contributed by atoms with Gasteiger partial charge in [0, 0.05) is 12.2 Å². The van der Waals surface area contributed by atoms with Crippen LogP contribution in [-0.4, -0.2) is 23.8 Å². The molecule has 0 bridgehead atoms. The molecule has 1 aliphatic heterocycles. The number of hydrogen-bond donors (Lipinski definition) is 2. The quantitative estimate of drug-likeness (QED) is 0.798. The first kappa shape index (κ1) is 12.9. The second-order valence-electron chi connectivity index (χ2n) is 4.01. The number of nitrogens with one attached hydrogen (secondary N) is 1. The van der Waals surface area contributed by atoms with Crippen molar-refractivity contribution in [2.45, 2.75) is 13.0 Å². The van der Waals surface area contributed by atoms with Gasteiger partial charge in [-0.05, 0) is 24.6 Å². The van der Waals surface area contributed by atoms with Crippen LogP contribution in [-0.2, 0) is 9.59 Å². The van der Waals surface area contributed by atoms with Gasteiger partial charge in [-0.3, -0.25) is 4.79 Å². The summed E-state index contributed by atoms with van der Waals surface area (Å²) in [6.07, 6.45) is 1.77. The Morgan fingerprint density at radius 1 is 1.32 bits per heavy atom. The standard InChI is InChI=1S/C13H13NO5/c1-8(14-12(15)4-5-13(16)17)9-2-3-10-11(6-9)19-7-18-10/h2-6,8H,7H2,1H3,(H,14,15)(H,16,17)/b5-4-/t8-/m0/s1. The minimum Gasteiger partial charge on any atom is -0.478 e. The van der Waals surface area contributed by atoms with E-state index >= 15 is 0 Å². The Morgan fingerprint density at radius 2 is 2.05 bits per heavy atom. The highest BCUT2D eigenvalue weighted by Crippen LogP contribution is 2.34. The monoisotopic (exact) mass is 263 g/mol. The molecule has 2 rings (SSSR count). The first-order valence-corrected chi connectivity index (χ1v) is 5.67. The molecule has 1 aromatic carbocycles. The Kier molecular flexibility index (Phi) is 3.70. The summed E-state index contributed by atoms with van der Waals surface area (Å²) in [5.74, 6) is -0.314. The van der Waals surface area contributed by atoms with E-state index in [0.29, 0.717) is 11.5 Å². The minimum absolute atomic E-state index is 0.195. The summed E-state index contributed by atoms with van der Waals surface area (Å²) in [4.78, 5) is 21.7. The van der Waals surface area contributed by atoms with E-state index in [9.17, 15) is 9.59 Å². The molecule has 0 aromatic heterocycles. The summed E-state index contributed by atoms with van der Waals surface area (Å²) >= 11 is 0. The lowest BCUT2D eigenvalue weighted by molar-refractivity contribution is -0.131. The smallest absolute Gasteiger partial charge is 0.328 e. The van der Waals surface area contributed by atoms with Gasteiger partial charge in [0.05, 0.1) is 6.04 Å². The van der Waals surface area contributed by atoms with Gasteiger partial charge in [0.1, 0.15) is 0 Å². The topological polar surface area (TPSA) is 84.9 Å². The van der Waals surface area contributed by atoms with E-state index in [-0.39, 0.29) is 12.8 Å². The molecule has 6 nitrogen and oxygen atoms in total. The molecule has 6 heteroatoms. The summed E-state index contributed by atoms with van der Waals surface area (Å²) < 4.78 is 10.4. The van der Waals surface area contributed by atoms with Crippen molar-refractivity contribution in [1.29, 1.82) is 0 Å². The van der Waals surface area contributed by atoms with Crippen LogP contribution in [0.2, 0.25) is 0 Å². The van der Waals surface area contributed by atoms with Crippen molar-refractivity contribution < 1.29 is 24.2 Å². The number of amides is 1. The molecule has 19 heavy (non-hydrogen) atoms. The zero-order valence-corrected chi connectivity index (χ0v) is 10.3. The number of rotatable bonds is 4. The molecule has 1 heterocycles. The number of carboxylic acid groups (broad SMARTS) is 1. The molecule has 0 radical (unpaired) electrons. The minimum atomic E-state index is -1.16. The fraction of sp³-hybridized carbons (Fsp3) is 0.231. The molecule has 1 atom stereocenters. The predicted octanol–water partition coefficient (Wildman–Crippen LogP) is 1.23. The first-order valence-electron chi connectivity index (χ1n) is 5.67. The number of benzene rings is 1. The van der Waals surface area contributed by atoms with Gasteiger partial charge < -0.3 is 19.9 Å². The lowest BCUT2D eigenvalue weighted by Crippen LogP contribution is -2.24. The summed E-state index contributed by atoms with van der Waals surface area (Å²) in [5, 5.41) is 11.1. The molecule has 1 aromatic rings. The Morgan fingerprint density at radius 3 is 2.79 bits per heavy atom. The zero-order valence-electron chi connectivity index (χ0n) is 10.3. The Balaban J connectivity index is 2.02. The van der Waals surface area contributed by atoms with Gasteiger partial charge in [-0.2, -0.15) is 0 Å². The Hall–Kier alpha value is -2.50. The maximum absolute atomic E-state index is 11.4. The molecule has 1 aliphatic rings.